The molecular formula is C18H17BrN4O. The smallest absolute Gasteiger partial charge is 0.221 e. The van der Waals surface area contributed by atoms with Crippen LogP contribution in [0.5, 0.6) is 5.75 Å². The fourth-order valence-corrected chi connectivity index (χ4v) is 2.54. The number of rotatable bonds is 5. The maximum atomic E-state index is 5.95. The maximum Gasteiger partial charge on any atom is 0.221 e. The minimum atomic E-state index is 0.354. The van der Waals surface area contributed by atoms with E-state index in [9.17, 15) is 0 Å². The van der Waals surface area contributed by atoms with E-state index in [1.807, 2.05) is 55.5 Å². The highest BCUT2D eigenvalue weighted by Crippen LogP contribution is 2.23. The fourth-order valence-electron chi connectivity index (χ4n) is 2.20. The highest BCUT2D eigenvalue weighted by molar-refractivity contribution is 9.10. The van der Waals surface area contributed by atoms with Crippen molar-refractivity contribution in [2.24, 2.45) is 5.10 Å². The van der Waals surface area contributed by atoms with E-state index in [-0.39, 0.29) is 0 Å². The Labute approximate surface area is 148 Å². The number of aryl methyl sites for hydroxylation is 1. The summed E-state index contributed by atoms with van der Waals surface area (Å²) in [6.07, 6.45) is 3.49. The van der Waals surface area contributed by atoms with E-state index in [0.29, 0.717) is 12.6 Å². The number of nitrogen functional groups attached to an aromatic ring is 1. The molecule has 0 atom stereocenters. The Hall–Kier alpha value is -2.60. The summed E-state index contributed by atoms with van der Waals surface area (Å²) < 4.78 is 8.44. The topological polar surface area (TPSA) is 65.4 Å². The molecule has 2 N–H and O–H groups in total. The van der Waals surface area contributed by atoms with Crippen molar-refractivity contribution in [3.8, 4) is 5.75 Å². The van der Waals surface area contributed by atoms with Crippen LogP contribution in [0.15, 0.2) is 64.3 Å². The van der Waals surface area contributed by atoms with Crippen molar-refractivity contribution < 1.29 is 4.74 Å². The first-order valence-corrected chi connectivity index (χ1v) is 8.23. The predicted octanol–water partition coefficient (Wildman–Crippen LogP) is 4.00. The second kappa shape index (κ2) is 7.31. The van der Waals surface area contributed by atoms with E-state index in [0.717, 1.165) is 27.0 Å². The lowest BCUT2D eigenvalue weighted by atomic mass is 10.2. The number of ether oxygens (including phenoxy) is 1. The fraction of sp³-hybridized carbons (Fsp3) is 0.111. The monoisotopic (exact) mass is 384 g/mol. The summed E-state index contributed by atoms with van der Waals surface area (Å²) in [5.41, 5.74) is 8.59. The van der Waals surface area contributed by atoms with Crippen molar-refractivity contribution in [2.75, 3.05) is 5.73 Å². The Morgan fingerprint density at radius 1 is 1.25 bits per heavy atom. The van der Waals surface area contributed by atoms with Crippen molar-refractivity contribution in [2.45, 2.75) is 13.5 Å². The summed E-state index contributed by atoms with van der Waals surface area (Å²) in [4.78, 5) is 4.12. The number of hydrogen-bond donors (Lipinski definition) is 1. The first-order valence-electron chi connectivity index (χ1n) is 7.44. The number of nitrogens with zero attached hydrogens (tertiary/aromatic N) is 3. The van der Waals surface area contributed by atoms with Crippen LogP contribution in [0.4, 0.5) is 5.95 Å². The second-order valence-corrected chi connectivity index (χ2v) is 6.20. The molecule has 0 aliphatic carbocycles. The van der Waals surface area contributed by atoms with Gasteiger partial charge in [-0.2, -0.15) is 5.10 Å². The molecule has 0 radical (unpaired) electrons. The molecule has 0 spiro atoms. The first-order chi connectivity index (χ1) is 11.6. The van der Waals surface area contributed by atoms with Crippen LogP contribution in [0, 0.1) is 6.92 Å². The van der Waals surface area contributed by atoms with E-state index in [1.165, 1.54) is 0 Å². The zero-order valence-electron chi connectivity index (χ0n) is 13.2. The quantitative estimate of drug-likeness (QED) is 0.676. The molecule has 0 bridgehead atoms. The Balaban J connectivity index is 1.81. The van der Waals surface area contributed by atoms with E-state index in [1.54, 1.807) is 17.1 Å². The lowest BCUT2D eigenvalue weighted by molar-refractivity contribution is 0.305. The number of aromatic nitrogens is 2. The van der Waals surface area contributed by atoms with Gasteiger partial charge >= 0.3 is 0 Å². The summed E-state index contributed by atoms with van der Waals surface area (Å²) in [6, 6.07) is 15.8. The molecular weight excluding hydrogens is 368 g/mol. The van der Waals surface area contributed by atoms with Crippen molar-refractivity contribution in [3.63, 3.8) is 0 Å². The summed E-state index contributed by atoms with van der Waals surface area (Å²) in [7, 11) is 0. The molecule has 5 nitrogen and oxygen atoms in total. The van der Waals surface area contributed by atoms with Crippen LogP contribution in [0.3, 0.4) is 0 Å². The van der Waals surface area contributed by atoms with Crippen LogP contribution >= 0.6 is 15.9 Å². The molecule has 0 amide bonds. The van der Waals surface area contributed by atoms with E-state index < -0.39 is 0 Å². The molecule has 6 heteroatoms. The largest absolute Gasteiger partial charge is 0.488 e. The van der Waals surface area contributed by atoms with E-state index in [4.69, 9.17) is 10.5 Å². The Bertz CT molecular complexity index is 859. The van der Waals surface area contributed by atoms with E-state index in [2.05, 4.69) is 26.0 Å². The zero-order valence-corrected chi connectivity index (χ0v) is 14.8. The van der Waals surface area contributed by atoms with Crippen molar-refractivity contribution in [3.05, 3.63) is 76.0 Å². The second-order valence-electron chi connectivity index (χ2n) is 5.29. The van der Waals surface area contributed by atoms with Crippen LogP contribution in [-0.2, 0) is 6.61 Å². The van der Waals surface area contributed by atoms with Crippen LogP contribution in [0.1, 0.15) is 16.8 Å². The van der Waals surface area contributed by atoms with Gasteiger partial charge in [0, 0.05) is 10.0 Å². The molecule has 24 heavy (non-hydrogen) atoms. The molecule has 1 aromatic heterocycles. The third kappa shape index (κ3) is 4.02. The molecule has 0 fully saturated rings. The van der Waals surface area contributed by atoms with Gasteiger partial charge in [0.2, 0.25) is 5.95 Å². The van der Waals surface area contributed by atoms with Gasteiger partial charge in [-0.15, -0.1) is 0 Å². The predicted molar refractivity (Wildman–Crippen MR) is 99.3 cm³/mol. The number of hydrogen-bond acceptors (Lipinski definition) is 4. The molecule has 3 aromatic rings. The van der Waals surface area contributed by atoms with Crippen LogP contribution in [0.2, 0.25) is 0 Å². The van der Waals surface area contributed by atoms with E-state index >= 15 is 0 Å². The minimum Gasteiger partial charge on any atom is -0.488 e. The molecule has 3 rings (SSSR count). The molecule has 0 saturated heterocycles. The molecule has 2 aromatic carbocycles. The highest BCUT2D eigenvalue weighted by Gasteiger charge is 2.05. The summed E-state index contributed by atoms with van der Waals surface area (Å²) in [5, 5.41) is 4.35. The van der Waals surface area contributed by atoms with Gasteiger partial charge in [-0.05, 0) is 30.7 Å². The van der Waals surface area contributed by atoms with Gasteiger partial charge in [0.1, 0.15) is 12.4 Å². The van der Waals surface area contributed by atoms with Crippen molar-refractivity contribution >= 4 is 28.1 Å². The number of nitrogens with two attached hydrogens (primary N) is 1. The number of halogens is 1. The molecule has 0 unspecified atom stereocenters. The van der Waals surface area contributed by atoms with Crippen LogP contribution in [-0.4, -0.2) is 15.9 Å². The zero-order chi connectivity index (χ0) is 16.9. The standard InChI is InChI=1S/C18H17BrN4O/c1-13-11-23(18(20)22-13)21-10-15-7-8-16(19)9-17(15)24-12-14-5-3-2-4-6-14/h2-11H,12H2,1H3,(H2,20,22). The van der Waals surface area contributed by atoms with Crippen molar-refractivity contribution in [1.29, 1.82) is 0 Å². The Kier molecular flexibility index (Phi) is 4.96. The molecule has 0 saturated carbocycles. The lowest BCUT2D eigenvalue weighted by Gasteiger charge is -2.10. The van der Waals surface area contributed by atoms with Gasteiger partial charge in [-0.1, -0.05) is 46.3 Å². The molecule has 122 valence electrons. The third-order valence-corrected chi connectivity index (χ3v) is 3.86. The minimum absolute atomic E-state index is 0.354. The molecule has 0 aliphatic rings. The van der Waals surface area contributed by atoms with Crippen molar-refractivity contribution in [1.82, 2.24) is 9.66 Å². The number of benzene rings is 2. The average Bonchev–Trinajstić information content (AvgIpc) is 2.90. The SMILES string of the molecule is Cc1cn(N=Cc2ccc(Br)cc2OCc2ccccc2)c(N)n1. The summed E-state index contributed by atoms with van der Waals surface area (Å²) in [6.45, 7) is 2.36. The number of anilines is 1. The van der Waals surface area contributed by atoms with Gasteiger partial charge in [-0.25, -0.2) is 9.66 Å². The van der Waals surface area contributed by atoms with Gasteiger partial charge in [-0.3, -0.25) is 0 Å². The van der Waals surface area contributed by atoms with Gasteiger partial charge in [0.25, 0.3) is 0 Å². The van der Waals surface area contributed by atoms with Gasteiger partial charge in [0.15, 0.2) is 0 Å². The Morgan fingerprint density at radius 3 is 2.75 bits per heavy atom. The van der Waals surface area contributed by atoms with Crippen LogP contribution < -0.4 is 10.5 Å². The van der Waals surface area contributed by atoms with Gasteiger partial charge in [0.05, 0.1) is 18.1 Å². The first kappa shape index (κ1) is 16.3. The van der Waals surface area contributed by atoms with Crippen LogP contribution in [0.25, 0.3) is 0 Å². The van der Waals surface area contributed by atoms with Gasteiger partial charge < -0.3 is 10.5 Å². The summed E-state index contributed by atoms with van der Waals surface area (Å²) >= 11 is 3.47. The highest BCUT2D eigenvalue weighted by atomic mass is 79.9. The maximum absolute atomic E-state index is 5.95. The Morgan fingerprint density at radius 2 is 2.04 bits per heavy atom. The molecule has 1 heterocycles. The lowest BCUT2D eigenvalue weighted by Crippen LogP contribution is -2.00. The third-order valence-electron chi connectivity index (χ3n) is 3.37. The normalized spacial score (nSPS) is 11.1. The number of imidazole rings is 1. The summed E-state index contributed by atoms with van der Waals surface area (Å²) in [5.74, 6) is 1.10. The molecule has 0 aliphatic heterocycles. The average molecular weight is 385 g/mol.